The molecule has 0 fully saturated rings. The lowest BCUT2D eigenvalue weighted by Crippen LogP contribution is -2.19. The maximum atomic E-state index is 11.6. The standard InChI is InChI=1S/C11H13N3O2S2/c1-13-18(15,16)11-3-2-8(6-10(11)12)14-9-4-5-17-7-9/h2-7,13-14H,12H2,1H3. The molecule has 4 N–H and O–H groups in total. The number of rotatable bonds is 4. The minimum atomic E-state index is -3.51. The second-order valence-corrected chi connectivity index (χ2v) is 6.23. The maximum absolute atomic E-state index is 11.6. The third-order valence-corrected chi connectivity index (χ3v) is 4.55. The summed E-state index contributed by atoms with van der Waals surface area (Å²) in [7, 11) is -2.15. The second kappa shape index (κ2) is 4.97. The molecule has 2 aromatic rings. The van der Waals surface area contributed by atoms with Gasteiger partial charge >= 0.3 is 0 Å². The molecule has 0 bridgehead atoms. The van der Waals surface area contributed by atoms with E-state index in [-0.39, 0.29) is 10.6 Å². The number of benzene rings is 1. The molecule has 1 heterocycles. The van der Waals surface area contributed by atoms with Gasteiger partial charge in [-0.2, -0.15) is 11.3 Å². The number of nitrogens with one attached hydrogen (secondary N) is 2. The maximum Gasteiger partial charge on any atom is 0.242 e. The Labute approximate surface area is 110 Å². The molecule has 0 atom stereocenters. The van der Waals surface area contributed by atoms with E-state index in [0.29, 0.717) is 0 Å². The van der Waals surface area contributed by atoms with Crippen LogP contribution in [0.1, 0.15) is 0 Å². The van der Waals surface area contributed by atoms with Gasteiger partial charge in [0.25, 0.3) is 0 Å². The summed E-state index contributed by atoms with van der Waals surface area (Å²) in [6.45, 7) is 0. The van der Waals surface area contributed by atoms with Gasteiger partial charge in [-0.1, -0.05) is 0 Å². The van der Waals surface area contributed by atoms with E-state index in [0.717, 1.165) is 11.4 Å². The van der Waals surface area contributed by atoms with Crippen molar-refractivity contribution in [3.8, 4) is 0 Å². The first-order chi connectivity index (χ1) is 8.53. The smallest absolute Gasteiger partial charge is 0.242 e. The normalized spacial score (nSPS) is 11.4. The van der Waals surface area contributed by atoms with Crippen molar-refractivity contribution in [1.82, 2.24) is 4.72 Å². The van der Waals surface area contributed by atoms with Crippen LogP contribution in [0.4, 0.5) is 17.1 Å². The summed E-state index contributed by atoms with van der Waals surface area (Å²) in [6, 6.07) is 6.69. The summed E-state index contributed by atoms with van der Waals surface area (Å²) in [5.74, 6) is 0. The molecule has 0 unspecified atom stereocenters. The van der Waals surface area contributed by atoms with Gasteiger partial charge < -0.3 is 11.1 Å². The Morgan fingerprint density at radius 2 is 2.00 bits per heavy atom. The summed E-state index contributed by atoms with van der Waals surface area (Å²) >= 11 is 1.57. The first kappa shape index (κ1) is 12.9. The first-order valence-electron chi connectivity index (χ1n) is 5.15. The van der Waals surface area contributed by atoms with E-state index < -0.39 is 10.0 Å². The van der Waals surface area contributed by atoms with Gasteiger partial charge in [0.2, 0.25) is 10.0 Å². The Morgan fingerprint density at radius 3 is 2.56 bits per heavy atom. The molecule has 0 aliphatic heterocycles. The molecular weight excluding hydrogens is 270 g/mol. The molecule has 5 nitrogen and oxygen atoms in total. The molecule has 2 rings (SSSR count). The summed E-state index contributed by atoms with van der Waals surface area (Å²) in [5.41, 5.74) is 7.67. The summed E-state index contributed by atoms with van der Waals surface area (Å²) < 4.78 is 25.5. The molecule has 0 spiro atoms. The highest BCUT2D eigenvalue weighted by molar-refractivity contribution is 7.89. The lowest BCUT2D eigenvalue weighted by atomic mass is 10.3. The van der Waals surface area contributed by atoms with Crippen LogP contribution in [0, 0.1) is 0 Å². The van der Waals surface area contributed by atoms with Crippen molar-refractivity contribution >= 4 is 38.4 Å². The summed E-state index contributed by atoms with van der Waals surface area (Å²) in [5, 5.41) is 7.04. The zero-order valence-corrected chi connectivity index (χ0v) is 11.3. The van der Waals surface area contributed by atoms with E-state index in [9.17, 15) is 8.42 Å². The largest absolute Gasteiger partial charge is 0.398 e. The minimum Gasteiger partial charge on any atom is -0.398 e. The fraction of sp³-hybridized carbons (Fsp3) is 0.0909. The van der Waals surface area contributed by atoms with Crippen LogP contribution >= 0.6 is 11.3 Å². The van der Waals surface area contributed by atoms with Gasteiger partial charge in [0, 0.05) is 16.8 Å². The lowest BCUT2D eigenvalue weighted by Gasteiger charge is -2.09. The zero-order valence-electron chi connectivity index (χ0n) is 9.67. The molecule has 0 radical (unpaired) electrons. The fourth-order valence-corrected chi connectivity index (χ4v) is 2.91. The average molecular weight is 283 g/mol. The fourth-order valence-electron chi connectivity index (χ4n) is 1.48. The lowest BCUT2D eigenvalue weighted by molar-refractivity contribution is 0.588. The van der Waals surface area contributed by atoms with E-state index in [1.807, 2.05) is 16.8 Å². The van der Waals surface area contributed by atoms with Crippen molar-refractivity contribution < 1.29 is 8.42 Å². The van der Waals surface area contributed by atoms with Crippen molar-refractivity contribution in [1.29, 1.82) is 0 Å². The third-order valence-electron chi connectivity index (χ3n) is 2.38. The number of sulfonamides is 1. The van der Waals surface area contributed by atoms with Crippen molar-refractivity contribution in [2.75, 3.05) is 18.1 Å². The van der Waals surface area contributed by atoms with Crippen LogP contribution in [-0.4, -0.2) is 15.5 Å². The Balaban J connectivity index is 2.31. The van der Waals surface area contributed by atoms with E-state index in [4.69, 9.17) is 5.73 Å². The highest BCUT2D eigenvalue weighted by atomic mass is 32.2. The van der Waals surface area contributed by atoms with Crippen LogP contribution in [0.3, 0.4) is 0 Å². The Hall–Kier alpha value is -1.57. The molecule has 1 aromatic heterocycles. The summed E-state index contributed by atoms with van der Waals surface area (Å²) in [6.07, 6.45) is 0. The number of hydrogen-bond acceptors (Lipinski definition) is 5. The van der Waals surface area contributed by atoms with Gasteiger partial charge in [-0.3, -0.25) is 0 Å². The number of nitrogen functional groups attached to an aromatic ring is 1. The Bertz CT molecular complexity index is 636. The highest BCUT2D eigenvalue weighted by Gasteiger charge is 2.15. The molecule has 18 heavy (non-hydrogen) atoms. The van der Waals surface area contributed by atoms with Crippen molar-refractivity contribution in [2.45, 2.75) is 4.90 Å². The van der Waals surface area contributed by atoms with Crippen LogP contribution in [0.25, 0.3) is 0 Å². The van der Waals surface area contributed by atoms with E-state index in [2.05, 4.69) is 10.0 Å². The van der Waals surface area contributed by atoms with Crippen LogP contribution in [0.5, 0.6) is 0 Å². The molecule has 1 aromatic carbocycles. The van der Waals surface area contributed by atoms with Crippen molar-refractivity contribution in [2.24, 2.45) is 0 Å². The summed E-state index contributed by atoms with van der Waals surface area (Å²) in [4.78, 5) is 0.0841. The predicted octanol–water partition coefficient (Wildman–Crippen LogP) is 1.98. The SMILES string of the molecule is CNS(=O)(=O)c1ccc(Nc2ccsc2)cc1N. The first-order valence-corrected chi connectivity index (χ1v) is 7.58. The number of anilines is 3. The van der Waals surface area contributed by atoms with E-state index >= 15 is 0 Å². The third kappa shape index (κ3) is 2.63. The molecule has 0 aliphatic rings. The van der Waals surface area contributed by atoms with Crippen molar-refractivity contribution in [3.05, 3.63) is 35.0 Å². The van der Waals surface area contributed by atoms with Gasteiger partial charge in [0.15, 0.2) is 0 Å². The van der Waals surface area contributed by atoms with Gasteiger partial charge in [-0.15, -0.1) is 0 Å². The van der Waals surface area contributed by atoms with Gasteiger partial charge in [0.05, 0.1) is 5.69 Å². The molecule has 0 saturated heterocycles. The number of nitrogens with two attached hydrogens (primary N) is 1. The minimum absolute atomic E-state index is 0.0841. The topological polar surface area (TPSA) is 84.2 Å². The van der Waals surface area contributed by atoms with Crippen molar-refractivity contribution in [3.63, 3.8) is 0 Å². The average Bonchev–Trinajstić information content (AvgIpc) is 2.81. The molecular formula is C11H13N3O2S2. The van der Waals surface area contributed by atoms with E-state index in [1.165, 1.54) is 13.1 Å². The Kier molecular flexibility index (Phi) is 3.55. The monoisotopic (exact) mass is 283 g/mol. The van der Waals surface area contributed by atoms with Crippen LogP contribution in [-0.2, 0) is 10.0 Å². The molecule has 0 aliphatic carbocycles. The van der Waals surface area contributed by atoms with Gasteiger partial charge in [-0.05, 0) is 36.7 Å². The number of thiophene rings is 1. The van der Waals surface area contributed by atoms with E-state index in [1.54, 1.807) is 23.5 Å². The van der Waals surface area contributed by atoms with Crippen LogP contribution < -0.4 is 15.8 Å². The number of hydrogen-bond donors (Lipinski definition) is 3. The second-order valence-electron chi connectivity index (χ2n) is 3.60. The molecule has 96 valence electrons. The molecule has 0 amide bonds. The zero-order chi connectivity index (χ0) is 13.2. The highest BCUT2D eigenvalue weighted by Crippen LogP contribution is 2.25. The van der Waals surface area contributed by atoms with Gasteiger partial charge in [-0.25, -0.2) is 13.1 Å². The van der Waals surface area contributed by atoms with Gasteiger partial charge in [0.1, 0.15) is 4.90 Å². The van der Waals surface area contributed by atoms with Crippen LogP contribution in [0.2, 0.25) is 0 Å². The predicted molar refractivity (Wildman–Crippen MR) is 74.7 cm³/mol. The Morgan fingerprint density at radius 1 is 1.22 bits per heavy atom. The van der Waals surface area contributed by atoms with Crippen LogP contribution in [0.15, 0.2) is 39.9 Å². The molecule has 7 heteroatoms. The molecule has 0 saturated carbocycles. The quantitative estimate of drug-likeness (QED) is 0.749.